The molecule has 0 saturated heterocycles. The Kier molecular flexibility index (Phi) is 3.31. The van der Waals surface area contributed by atoms with Gasteiger partial charge in [0.2, 0.25) is 0 Å². The third-order valence-electron chi connectivity index (χ3n) is 2.04. The number of nitrogens with zero attached hydrogens (tertiary/aromatic N) is 3. The zero-order valence-electron chi connectivity index (χ0n) is 8.97. The maximum Gasteiger partial charge on any atom is 0.132 e. The van der Waals surface area contributed by atoms with Gasteiger partial charge in [0.15, 0.2) is 0 Å². The molecule has 16 heavy (non-hydrogen) atoms. The molecule has 0 bridgehead atoms. The van der Waals surface area contributed by atoms with Gasteiger partial charge in [-0.15, -0.1) is 11.3 Å². The van der Waals surface area contributed by atoms with E-state index < -0.39 is 0 Å². The molecule has 0 aliphatic heterocycles. The second-order valence-corrected chi connectivity index (χ2v) is 4.24. The molecular formula is C10H13N5S. The maximum absolute atomic E-state index is 5.68. The molecule has 2 rings (SSSR count). The number of hydrogen-bond acceptors (Lipinski definition) is 6. The van der Waals surface area contributed by atoms with E-state index >= 15 is 0 Å². The largest absolute Gasteiger partial charge is 0.384 e. The van der Waals surface area contributed by atoms with Crippen molar-refractivity contribution in [3.8, 4) is 0 Å². The lowest BCUT2D eigenvalue weighted by molar-refractivity contribution is 0.939. The van der Waals surface area contributed by atoms with E-state index in [1.54, 1.807) is 17.4 Å². The molecule has 0 aliphatic rings. The Morgan fingerprint density at radius 3 is 3.00 bits per heavy atom. The fourth-order valence-corrected chi connectivity index (χ4v) is 1.81. The summed E-state index contributed by atoms with van der Waals surface area (Å²) in [6.07, 6.45) is 2.61. The molecular weight excluding hydrogens is 222 g/mol. The van der Waals surface area contributed by atoms with Crippen LogP contribution in [-0.2, 0) is 13.0 Å². The first kappa shape index (κ1) is 10.8. The van der Waals surface area contributed by atoms with Crippen LogP contribution in [0.25, 0.3) is 0 Å². The molecule has 2 heterocycles. The Balaban J connectivity index is 2.06. The van der Waals surface area contributed by atoms with Crippen LogP contribution in [0, 0.1) is 0 Å². The number of aromatic nitrogens is 3. The summed E-state index contributed by atoms with van der Waals surface area (Å²) in [7, 11) is 0. The minimum atomic E-state index is 0.499. The fraction of sp³-hybridized carbons (Fsp3) is 0.300. The van der Waals surface area contributed by atoms with Crippen molar-refractivity contribution in [3.05, 3.63) is 28.5 Å². The molecule has 84 valence electrons. The summed E-state index contributed by atoms with van der Waals surface area (Å²) < 4.78 is 0. The molecule has 0 fully saturated rings. The van der Waals surface area contributed by atoms with Crippen molar-refractivity contribution in [2.24, 2.45) is 0 Å². The molecule has 6 heteroatoms. The average molecular weight is 235 g/mol. The van der Waals surface area contributed by atoms with Gasteiger partial charge in [0.05, 0.1) is 12.1 Å². The summed E-state index contributed by atoms with van der Waals surface area (Å²) in [5.74, 6) is 2.02. The third kappa shape index (κ3) is 2.66. The fourth-order valence-electron chi connectivity index (χ4n) is 1.27. The molecule has 0 aromatic carbocycles. The number of hydrogen-bond donors (Lipinski definition) is 2. The molecule has 0 atom stereocenters. The van der Waals surface area contributed by atoms with E-state index in [9.17, 15) is 0 Å². The predicted molar refractivity (Wildman–Crippen MR) is 65.3 cm³/mol. The van der Waals surface area contributed by atoms with Gasteiger partial charge >= 0.3 is 0 Å². The third-order valence-corrected chi connectivity index (χ3v) is 2.82. The normalized spacial score (nSPS) is 10.3. The Morgan fingerprint density at radius 1 is 1.44 bits per heavy atom. The summed E-state index contributed by atoms with van der Waals surface area (Å²) in [4.78, 5) is 13.6. The van der Waals surface area contributed by atoms with Crippen LogP contribution in [0.2, 0.25) is 0 Å². The quantitative estimate of drug-likeness (QED) is 0.843. The van der Waals surface area contributed by atoms with Crippen LogP contribution < -0.4 is 11.1 Å². The van der Waals surface area contributed by atoms with Gasteiger partial charge in [-0.3, -0.25) is 4.98 Å². The molecule has 2 aromatic rings. The number of nitrogens with two attached hydrogens (primary N) is 1. The molecule has 0 spiro atoms. The van der Waals surface area contributed by atoms with E-state index in [4.69, 9.17) is 5.73 Å². The topological polar surface area (TPSA) is 76.7 Å². The molecule has 5 nitrogen and oxygen atoms in total. The van der Waals surface area contributed by atoms with Crippen LogP contribution in [0.4, 0.5) is 11.6 Å². The molecule has 0 saturated carbocycles. The zero-order chi connectivity index (χ0) is 11.4. The highest BCUT2D eigenvalue weighted by Gasteiger charge is 2.01. The first-order chi connectivity index (χ1) is 7.78. The number of aryl methyl sites for hydroxylation is 1. The standard InChI is InChI=1S/C10H13N5S/c1-2-9-14-8(11)3-10(15-9)13-5-7-4-12-6-16-7/h3-4,6H,2,5H2,1H3,(H3,11,13,14,15). The lowest BCUT2D eigenvalue weighted by Gasteiger charge is -2.06. The van der Waals surface area contributed by atoms with Gasteiger partial charge in [-0.05, 0) is 0 Å². The van der Waals surface area contributed by atoms with Crippen LogP contribution in [0.5, 0.6) is 0 Å². The zero-order valence-corrected chi connectivity index (χ0v) is 9.79. The number of nitrogens with one attached hydrogen (secondary N) is 1. The van der Waals surface area contributed by atoms with Crippen LogP contribution in [-0.4, -0.2) is 15.0 Å². The number of anilines is 2. The highest BCUT2D eigenvalue weighted by atomic mass is 32.1. The lowest BCUT2D eigenvalue weighted by atomic mass is 10.4. The summed E-state index contributed by atoms with van der Waals surface area (Å²) in [5.41, 5.74) is 7.49. The molecule has 0 radical (unpaired) electrons. The monoisotopic (exact) mass is 235 g/mol. The van der Waals surface area contributed by atoms with E-state index in [0.29, 0.717) is 12.4 Å². The van der Waals surface area contributed by atoms with E-state index in [2.05, 4.69) is 20.3 Å². The number of rotatable bonds is 4. The van der Waals surface area contributed by atoms with Crippen molar-refractivity contribution in [1.29, 1.82) is 0 Å². The summed E-state index contributed by atoms with van der Waals surface area (Å²) in [6, 6.07) is 1.74. The Hall–Kier alpha value is -1.69. The SMILES string of the molecule is CCc1nc(N)cc(NCc2cncs2)n1. The van der Waals surface area contributed by atoms with Gasteiger partial charge in [-0.1, -0.05) is 6.92 Å². The van der Waals surface area contributed by atoms with Crippen molar-refractivity contribution in [2.45, 2.75) is 19.9 Å². The molecule has 0 unspecified atom stereocenters. The van der Waals surface area contributed by atoms with Gasteiger partial charge in [0.25, 0.3) is 0 Å². The summed E-state index contributed by atoms with van der Waals surface area (Å²) >= 11 is 1.61. The Labute approximate surface area is 97.8 Å². The number of thiazole rings is 1. The van der Waals surface area contributed by atoms with Crippen molar-refractivity contribution in [2.75, 3.05) is 11.1 Å². The van der Waals surface area contributed by atoms with Crippen molar-refractivity contribution < 1.29 is 0 Å². The maximum atomic E-state index is 5.68. The predicted octanol–water partition coefficient (Wildman–Crippen LogP) is 1.69. The van der Waals surface area contributed by atoms with Crippen LogP contribution in [0.15, 0.2) is 17.8 Å². The average Bonchev–Trinajstić information content (AvgIpc) is 2.78. The molecule has 3 N–H and O–H groups in total. The van der Waals surface area contributed by atoms with Crippen LogP contribution >= 0.6 is 11.3 Å². The summed E-state index contributed by atoms with van der Waals surface area (Å²) in [6.45, 7) is 2.71. The number of nitrogen functional groups attached to an aromatic ring is 1. The molecule has 2 aromatic heterocycles. The van der Waals surface area contributed by atoms with Gasteiger partial charge in [-0.25, -0.2) is 9.97 Å². The van der Waals surface area contributed by atoms with E-state index in [1.165, 1.54) is 0 Å². The van der Waals surface area contributed by atoms with Gasteiger partial charge in [0, 0.05) is 23.6 Å². The lowest BCUT2D eigenvalue weighted by Crippen LogP contribution is -2.05. The van der Waals surface area contributed by atoms with Gasteiger partial charge in [-0.2, -0.15) is 0 Å². The van der Waals surface area contributed by atoms with E-state index in [1.807, 2.05) is 18.6 Å². The summed E-state index contributed by atoms with van der Waals surface area (Å²) in [5, 5.41) is 3.20. The Morgan fingerprint density at radius 2 is 2.31 bits per heavy atom. The highest BCUT2D eigenvalue weighted by Crippen LogP contribution is 2.12. The van der Waals surface area contributed by atoms with Crippen molar-refractivity contribution in [3.63, 3.8) is 0 Å². The first-order valence-corrected chi connectivity index (χ1v) is 5.90. The Bertz CT molecular complexity index is 454. The molecule has 0 aliphatic carbocycles. The second kappa shape index (κ2) is 4.89. The second-order valence-electron chi connectivity index (χ2n) is 3.27. The van der Waals surface area contributed by atoms with Crippen LogP contribution in [0.3, 0.4) is 0 Å². The minimum Gasteiger partial charge on any atom is -0.384 e. The van der Waals surface area contributed by atoms with E-state index in [0.717, 1.165) is 22.9 Å². The van der Waals surface area contributed by atoms with Gasteiger partial charge < -0.3 is 11.1 Å². The van der Waals surface area contributed by atoms with E-state index in [-0.39, 0.29) is 0 Å². The van der Waals surface area contributed by atoms with Crippen molar-refractivity contribution in [1.82, 2.24) is 15.0 Å². The molecule has 0 amide bonds. The smallest absolute Gasteiger partial charge is 0.132 e. The highest BCUT2D eigenvalue weighted by molar-refractivity contribution is 7.09. The first-order valence-electron chi connectivity index (χ1n) is 5.02. The minimum absolute atomic E-state index is 0.499. The van der Waals surface area contributed by atoms with Gasteiger partial charge in [0.1, 0.15) is 17.5 Å². The van der Waals surface area contributed by atoms with Crippen LogP contribution in [0.1, 0.15) is 17.6 Å². The van der Waals surface area contributed by atoms with Crippen molar-refractivity contribution >= 4 is 23.0 Å².